The van der Waals surface area contributed by atoms with Crippen LogP contribution in [0.2, 0.25) is 0 Å². The molecule has 8 nitrogen and oxygen atoms in total. The fourth-order valence-corrected chi connectivity index (χ4v) is 2.61. The van der Waals surface area contributed by atoms with Crippen LogP contribution in [0.4, 0.5) is 16.2 Å². The van der Waals surface area contributed by atoms with Crippen LogP contribution < -0.4 is 21.3 Å². The predicted octanol–water partition coefficient (Wildman–Crippen LogP) is 3.28. The summed E-state index contributed by atoms with van der Waals surface area (Å²) in [6.45, 7) is 1.86. The van der Waals surface area contributed by atoms with Crippen LogP contribution in [0.1, 0.15) is 21.7 Å². The summed E-state index contributed by atoms with van der Waals surface area (Å²) in [4.78, 5) is 36.4. The molecule has 0 aliphatic heterocycles. The first-order valence-corrected chi connectivity index (χ1v) is 9.32. The first kappa shape index (κ1) is 20.7. The molecule has 154 valence electrons. The highest BCUT2D eigenvalue weighted by molar-refractivity contribution is 6.05. The third kappa shape index (κ3) is 5.96. The van der Waals surface area contributed by atoms with Gasteiger partial charge in [-0.3, -0.25) is 9.59 Å². The largest absolute Gasteiger partial charge is 0.467 e. The Bertz CT molecular complexity index is 1020. The second-order valence-electron chi connectivity index (χ2n) is 6.51. The molecule has 0 atom stereocenters. The van der Waals surface area contributed by atoms with E-state index >= 15 is 0 Å². The highest BCUT2D eigenvalue weighted by Gasteiger charge is 2.11. The van der Waals surface area contributed by atoms with Gasteiger partial charge in [0.2, 0.25) is 5.91 Å². The van der Waals surface area contributed by atoms with Crippen molar-refractivity contribution in [2.75, 3.05) is 17.2 Å². The van der Waals surface area contributed by atoms with E-state index in [1.165, 1.54) is 6.26 Å². The second kappa shape index (κ2) is 9.92. The molecular formula is C22H22N4O4. The van der Waals surface area contributed by atoms with Crippen LogP contribution in [-0.4, -0.2) is 24.4 Å². The van der Waals surface area contributed by atoms with Crippen LogP contribution in [0.5, 0.6) is 0 Å². The Morgan fingerprint density at radius 2 is 1.70 bits per heavy atom. The van der Waals surface area contributed by atoms with E-state index < -0.39 is 6.03 Å². The van der Waals surface area contributed by atoms with Gasteiger partial charge in [0.05, 0.1) is 19.4 Å². The van der Waals surface area contributed by atoms with Crippen LogP contribution in [0, 0.1) is 6.92 Å². The van der Waals surface area contributed by atoms with Crippen molar-refractivity contribution in [1.82, 2.24) is 10.6 Å². The second-order valence-corrected chi connectivity index (χ2v) is 6.51. The molecule has 4 amide bonds. The Kier molecular flexibility index (Phi) is 6.83. The van der Waals surface area contributed by atoms with Gasteiger partial charge in [0, 0.05) is 16.9 Å². The summed E-state index contributed by atoms with van der Waals surface area (Å²) in [5.41, 5.74) is 2.33. The first-order chi connectivity index (χ1) is 14.5. The Morgan fingerprint density at radius 3 is 2.43 bits per heavy atom. The molecule has 30 heavy (non-hydrogen) atoms. The number of benzene rings is 2. The number of carbonyl (C=O) groups excluding carboxylic acids is 3. The van der Waals surface area contributed by atoms with Gasteiger partial charge in [-0.2, -0.15) is 0 Å². The molecule has 2 aromatic carbocycles. The van der Waals surface area contributed by atoms with E-state index in [0.717, 1.165) is 5.56 Å². The lowest BCUT2D eigenvalue weighted by molar-refractivity contribution is -0.120. The van der Waals surface area contributed by atoms with E-state index in [-0.39, 0.29) is 24.9 Å². The maximum Gasteiger partial charge on any atom is 0.319 e. The standard InChI is InChI=1S/C22H22N4O4/c1-15-9-10-16(21(28)25-17-6-3-2-4-7-17)12-19(15)26-22(29)24-14-20(27)23-13-18-8-5-11-30-18/h2-12H,13-14H2,1H3,(H,23,27)(H,25,28)(H2,24,26,29). The minimum Gasteiger partial charge on any atom is -0.467 e. The van der Waals surface area contributed by atoms with Crippen molar-refractivity contribution >= 4 is 29.2 Å². The fraction of sp³-hybridized carbons (Fsp3) is 0.136. The number of rotatable bonds is 7. The first-order valence-electron chi connectivity index (χ1n) is 9.32. The van der Waals surface area contributed by atoms with E-state index in [9.17, 15) is 14.4 Å². The average molecular weight is 406 g/mol. The van der Waals surface area contributed by atoms with Crippen molar-refractivity contribution in [3.8, 4) is 0 Å². The zero-order chi connectivity index (χ0) is 21.3. The van der Waals surface area contributed by atoms with Crippen LogP contribution in [0.15, 0.2) is 71.3 Å². The van der Waals surface area contributed by atoms with Gasteiger partial charge < -0.3 is 25.7 Å². The zero-order valence-electron chi connectivity index (χ0n) is 16.4. The number of nitrogens with one attached hydrogen (secondary N) is 4. The van der Waals surface area contributed by atoms with E-state index in [4.69, 9.17) is 4.42 Å². The summed E-state index contributed by atoms with van der Waals surface area (Å²) in [6.07, 6.45) is 1.52. The van der Waals surface area contributed by atoms with Crippen LogP contribution in [-0.2, 0) is 11.3 Å². The SMILES string of the molecule is Cc1ccc(C(=O)Nc2ccccc2)cc1NC(=O)NCC(=O)NCc1ccco1. The molecule has 0 fully saturated rings. The van der Waals surface area contributed by atoms with Gasteiger partial charge in [-0.05, 0) is 48.9 Å². The molecule has 1 aromatic heterocycles. The highest BCUT2D eigenvalue weighted by atomic mass is 16.3. The molecule has 0 aliphatic carbocycles. The summed E-state index contributed by atoms with van der Waals surface area (Å²) in [5, 5.41) is 10.6. The molecule has 0 radical (unpaired) electrons. The lowest BCUT2D eigenvalue weighted by Crippen LogP contribution is -2.38. The number of para-hydroxylation sites is 1. The van der Waals surface area contributed by atoms with Gasteiger partial charge >= 0.3 is 6.03 Å². The van der Waals surface area contributed by atoms with Gasteiger partial charge in [0.25, 0.3) is 5.91 Å². The Morgan fingerprint density at radius 1 is 0.900 bits per heavy atom. The van der Waals surface area contributed by atoms with Gasteiger partial charge in [0.15, 0.2) is 0 Å². The van der Waals surface area contributed by atoms with E-state index in [1.807, 2.05) is 25.1 Å². The summed E-state index contributed by atoms with van der Waals surface area (Å²) >= 11 is 0. The molecule has 0 unspecified atom stereocenters. The molecule has 0 spiro atoms. The minimum absolute atomic E-state index is 0.195. The van der Waals surface area contributed by atoms with Crippen LogP contribution in [0.25, 0.3) is 0 Å². The van der Waals surface area contributed by atoms with Gasteiger partial charge in [-0.25, -0.2) is 4.79 Å². The topological polar surface area (TPSA) is 112 Å². The Balaban J connectivity index is 1.52. The van der Waals surface area contributed by atoms with E-state index in [1.54, 1.807) is 42.5 Å². The molecule has 0 saturated carbocycles. The lowest BCUT2D eigenvalue weighted by atomic mass is 10.1. The number of anilines is 2. The Hall–Kier alpha value is -4.07. The van der Waals surface area contributed by atoms with Crippen molar-refractivity contribution in [2.24, 2.45) is 0 Å². The summed E-state index contributed by atoms with van der Waals surface area (Å²) in [5.74, 6) is -0.0229. The number of hydrogen-bond acceptors (Lipinski definition) is 4. The smallest absolute Gasteiger partial charge is 0.319 e. The van der Waals surface area contributed by atoms with E-state index in [0.29, 0.717) is 22.7 Å². The number of amides is 4. The Labute approximate surface area is 173 Å². The number of urea groups is 1. The molecule has 0 aliphatic rings. The maximum atomic E-state index is 12.4. The van der Waals surface area contributed by atoms with Gasteiger partial charge in [-0.15, -0.1) is 0 Å². The third-order valence-electron chi connectivity index (χ3n) is 4.23. The molecule has 8 heteroatoms. The third-order valence-corrected chi connectivity index (χ3v) is 4.23. The molecular weight excluding hydrogens is 384 g/mol. The molecule has 3 rings (SSSR count). The van der Waals surface area contributed by atoms with Crippen molar-refractivity contribution in [1.29, 1.82) is 0 Å². The minimum atomic E-state index is -0.549. The van der Waals surface area contributed by atoms with Crippen molar-refractivity contribution in [2.45, 2.75) is 13.5 Å². The highest BCUT2D eigenvalue weighted by Crippen LogP contribution is 2.18. The van der Waals surface area contributed by atoms with Crippen LogP contribution in [0.3, 0.4) is 0 Å². The molecule has 0 bridgehead atoms. The van der Waals surface area contributed by atoms with Gasteiger partial charge in [0.1, 0.15) is 5.76 Å². The molecule has 0 saturated heterocycles. The summed E-state index contributed by atoms with van der Waals surface area (Å²) < 4.78 is 5.12. The number of furan rings is 1. The van der Waals surface area contributed by atoms with E-state index in [2.05, 4.69) is 21.3 Å². The van der Waals surface area contributed by atoms with Gasteiger partial charge in [-0.1, -0.05) is 24.3 Å². The number of hydrogen-bond donors (Lipinski definition) is 4. The monoisotopic (exact) mass is 406 g/mol. The summed E-state index contributed by atoms with van der Waals surface area (Å²) in [7, 11) is 0. The fourth-order valence-electron chi connectivity index (χ4n) is 2.61. The van der Waals surface area contributed by atoms with Crippen LogP contribution >= 0.6 is 0 Å². The molecule has 4 N–H and O–H groups in total. The predicted molar refractivity (Wildman–Crippen MR) is 113 cm³/mol. The lowest BCUT2D eigenvalue weighted by Gasteiger charge is -2.12. The van der Waals surface area contributed by atoms with Crippen molar-refractivity contribution < 1.29 is 18.8 Å². The molecule has 1 heterocycles. The zero-order valence-corrected chi connectivity index (χ0v) is 16.4. The normalized spacial score (nSPS) is 10.2. The quantitative estimate of drug-likeness (QED) is 0.482. The number of aryl methyl sites for hydroxylation is 1. The maximum absolute atomic E-state index is 12.4. The van der Waals surface area contributed by atoms with Crippen molar-refractivity contribution in [3.63, 3.8) is 0 Å². The average Bonchev–Trinajstić information content (AvgIpc) is 3.27. The molecule has 3 aromatic rings. The summed E-state index contributed by atoms with van der Waals surface area (Å²) in [6, 6.07) is 17.0. The van der Waals surface area contributed by atoms with Crippen molar-refractivity contribution in [3.05, 3.63) is 83.8 Å². The number of carbonyl (C=O) groups is 3.